The third kappa shape index (κ3) is 2.95. The Morgan fingerprint density at radius 1 is 1.18 bits per heavy atom. The van der Waals surface area contributed by atoms with Crippen molar-refractivity contribution in [3.8, 4) is 0 Å². The molecule has 0 fully saturated rings. The summed E-state index contributed by atoms with van der Waals surface area (Å²) in [6.45, 7) is 6.33. The standard InChI is InChI=1S/C14H21N5O3/c1-4-6-18-12-11(13(21)19(7-5-2)14(18)22)16-10(17-12)8-15-9(3)20/h4-8H2,1-3H3,(H,15,20)(H,16,17). The number of aromatic amines is 1. The average Bonchev–Trinajstić information content (AvgIpc) is 2.90. The number of aryl methyl sites for hydroxylation is 1. The summed E-state index contributed by atoms with van der Waals surface area (Å²) >= 11 is 0. The Morgan fingerprint density at radius 3 is 2.41 bits per heavy atom. The lowest BCUT2D eigenvalue weighted by Gasteiger charge is -2.09. The van der Waals surface area contributed by atoms with E-state index in [-0.39, 0.29) is 23.7 Å². The van der Waals surface area contributed by atoms with Gasteiger partial charge in [-0.3, -0.25) is 18.7 Å². The van der Waals surface area contributed by atoms with E-state index in [9.17, 15) is 14.4 Å². The predicted molar refractivity (Wildman–Crippen MR) is 82.7 cm³/mol. The minimum atomic E-state index is -0.365. The highest BCUT2D eigenvalue weighted by Crippen LogP contribution is 2.06. The zero-order chi connectivity index (χ0) is 16.3. The van der Waals surface area contributed by atoms with Gasteiger partial charge in [0.05, 0.1) is 6.54 Å². The monoisotopic (exact) mass is 307 g/mol. The van der Waals surface area contributed by atoms with Gasteiger partial charge in [-0.2, -0.15) is 0 Å². The second-order valence-electron chi connectivity index (χ2n) is 5.18. The minimum absolute atomic E-state index is 0.185. The van der Waals surface area contributed by atoms with Crippen LogP contribution in [-0.2, 0) is 24.4 Å². The van der Waals surface area contributed by atoms with Crippen molar-refractivity contribution in [1.82, 2.24) is 24.4 Å². The number of amides is 1. The zero-order valence-electron chi connectivity index (χ0n) is 13.1. The molecule has 8 nitrogen and oxygen atoms in total. The van der Waals surface area contributed by atoms with E-state index >= 15 is 0 Å². The van der Waals surface area contributed by atoms with Gasteiger partial charge in [0, 0.05) is 20.0 Å². The smallest absolute Gasteiger partial charge is 0.332 e. The Kier molecular flexibility index (Phi) is 4.79. The first-order valence-corrected chi connectivity index (χ1v) is 7.46. The maximum Gasteiger partial charge on any atom is 0.332 e. The maximum atomic E-state index is 12.5. The lowest BCUT2D eigenvalue weighted by molar-refractivity contribution is -0.119. The Bertz CT molecular complexity index is 799. The molecule has 0 aliphatic rings. The third-order valence-corrected chi connectivity index (χ3v) is 3.31. The van der Waals surface area contributed by atoms with Crippen LogP contribution in [0.15, 0.2) is 9.59 Å². The SMILES string of the molecule is CCCn1c(=O)c2[nH]c(CNC(C)=O)nc2n(CCC)c1=O. The molecular weight excluding hydrogens is 286 g/mol. The van der Waals surface area contributed by atoms with Crippen molar-refractivity contribution in [3.05, 3.63) is 26.7 Å². The molecule has 0 unspecified atom stereocenters. The molecule has 2 rings (SSSR count). The molecule has 2 aromatic rings. The fourth-order valence-corrected chi connectivity index (χ4v) is 2.35. The Balaban J connectivity index is 2.64. The van der Waals surface area contributed by atoms with Crippen LogP contribution in [0.3, 0.4) is 0 Å². The van der Waals surface area contributed by atoms with Crippen molar-refractivity contribution in [2.45, 2.75) is 53.2 Å². The van der Waals surface area contributed by atoms with Gasteiger partial charge < -0.3 is 10.3 Å². The van der Waals surface area contributed by atoms with Crippen LogP contribution in [0, 0.1) is 0 Å². The van der Waals surface area contributed by atoms with E-state index in [0.717, 1.165) is 6.42 Å². The van der Waals surface area contributed by atoms with Crippen molar-refractivity contribution >= 4 is 17.1 Å². The molecule has 0 aliphatic heterocycles. The van der Waals surface area contributed by atoms with E-state index in [1.54, 1.807) is 0 Å². The van der Waals surface area contributed by atoms with Crippen LogP contribution in [0.2, 0.25) is 0 Å². The molecule has 2 heterocycles. The minimum Gasteiger partial charge on any atom is -0.349 e. The van der Waals surface area contributed by atoms with Gasteiger partial charge in [-0.25, -0.2) is 9.78 Å². The molecule has 0 atom stereocenters. The third-order valence-electron chi connectivity index (χ3n) is 3.31. The van der Waals surface area contributed by atoms with Gasteiger partial charge in [0.15, 0.2) is 5.65 Å². The number of H-pyrrole nitrogens is 1. The van der Waals surface area contributed by atoms with Crippen LogP contribution >= 0.6 is 0 Å². The number of imidazole rings is 1. The Labute approximate surface area is 127 Å². The Hall–Kier alpha value is -2.38. The molecule has 22 heavy (non-hydrogen) atoms. The van der Waals surface area contributed by atoms with Crippen LogP contribution < -0.4 is 16.6 Å². The number of aromatic nitrogens is 4. The first kappa shape index (κ1) is 16.0. The second-order valence-corrected chi connectivity index (χ2v) is 5.18. The molecule has 2 N–H and O–H groups in total. The molecule has 1 amide bonds. The average molecular weight is 307 g/mol. The zero-order valence-corrected chi connectivity index (χ0v) is 13.1. The fourth-order valence-electron chi connectivity index (χ4n) is 2.35. The van der Waals surface area contributed by atoms with Crippen molar-refractivity contribution in [1.29, 1.82) is 0 Å². The van der Waals surface area contributed by atoms with Crippen LogP contribution in [-0.4, -0.2) is 25.0 Å². The van der Waals surface area contributed by atoms with Crippen LogP contribution in [0.5, 0.6) is 0 Å². The molecule has 0 saturated carbocycles. The van der Waals surface area contributed by atoms with E-state index in [1.165, 1.54) is 16.1 Å². The van der Waals surface area contributed by atoms with Gasteiger partial charge in [-0.1, -0.05) is 13.8 Å². The number of hydrogen-bond donors (Lipinski definition) is 2. The summed E-state index contributed by atoms with van der Waals surface area (Å²) in [7, 11) is 0. The second kappa shape index (κ2) is 6.59. The summed E-state index contributed by atoms with van der Waals surface area (Å²) in [5, 5.41) is 2.62. The van der Waals surface area contributed by atoms with E-state index in [1.807, 2.05) is 13.8 Å². The van der Waals surface area contributed by atoms with Crippen molar-refractivity contribution in [2.75, 3.05) is 0 Å². The number of carbonyl (C=O) groups excluding carboxylic acids is 1. The fraction of sp³-hybridized carbons (Fsp3) is 0.571. The summed E-state index contributed by atoms with van der Waals surface area (Å²) in [6, 6.07) is 0. The molecular formula is C14H21N5O3. The number of nitrogens with one attached hydrogen (secondary N) is 2. The number of carbonyl (C=O) groups is 1. The van der Waals surface area contributed by atoms with Gasteiger partial charge in [-0.05, 0) is 12.8 Å². The van der Waals surface area contributed by atoms with Gasteiger partial charge in [0.25, 0.3) is 5.56 Å². The highest BCUT2D eigenvalue weighted by Gasteiger charge is 2.16. The lowest BCUT2D eigenvalue weighted by atomic mass is 10.4. The first-order valence-electron chi connectivity index (χ1n) is 7.46. The molecule has 0 radical (unpaired) electrons. The van der Waals surface area contributed by atoms with E-state index < -0.39 is 0 Å². The number of rotatable bonds is 6. The molecule has 0 saturated heterocycles. The highest BCUT2D eigenvalue weighted by molar-refractivity contribution is 5.73. The summed E-state index contributed by atoms with van der Waals surface area (Å²) in [5.41, 5.74) is -0.0408. The van der Waals surface area contributed by atoms with Crippen LogP contribution in [0.25, 0.3) is 11.2 Å². The van der Waals surface area contributed by atoms with Crippen molar-refractivity contribution < 1.29 is 4.79 Å². The predicted octanol–water partition coefficient (Wildman–Crippen LogP) is 0.342. The topological polar surface area (TPSA) is 102 Å². The quantitative estimate of drug-likeness (QED) is 0.803. The number of nitrogens with zero attached hydrogens (tertiary/aromatic N) is 3. The van der Waals surface area contributed by atoms with Gasteiger partial charge >= 0.3 is 5.69 Å². The Morgan fingerprint density at radius 2 is 1.82 bits per heavy atom. The van der Waals surface area contributed by atoms with Crippen molar-refractivity contribution in [3.63, 3.8) is 0 Å². The molecule has 120 valence electrons. The van der Waals surface area contributed by atoms with Crippen LogP contribution in [0.1, 0.15) is 39.4 Å². The number of fused-ring (bicyclic) bond motifs is 1. The normalized spacial score (nSPS) is 11.0. The summed E-state index contributed by atoms with van der Waals surface area (Å²) in [5.74, 6) is 0.274. The molecule has 0 aliphatic carbocycles. The van der Waals surface area contributed by atoms with Crippen molar-refractivity contribution in [2.24, 2.45) is 0 Å². The molecule has 2 aromatic heterocycles. The molecule has 8 heteroatoms. The molecule has 0 bridgehead atoms. The van der Waals surface area contributed by atoms with E-state index in [2.05, 4.69) is 15.3 Å². The van der Waals surface area contributed by atoms with Gasteiger partial charge in [0.1, 0.15) is 11.3 Å². The largest absolute Gasteiger partial charge is 0.349 e. The van der Waals surface area contributed by atoms with Gasteiger partial charge in [0.2, 0.25) is 5.91 Å². The van der Waals surface area contributed by atoms with Crippen LogP contribution in [0.4, 0.5) is 0 Å². The first-order chi connectivity index (χ1) is 10.5. The number of hydrogen-bond acceptors (Lipinski definition) is 4. The summed E-state index contributed by atoms with van der Waals surface area (Å²) < 4.78 is 2.75. The molecule has 0 spiro atoms. The molecule has 0 aromatic carbocycles. The maximum absolute atomic E-state index is 12.5. The summed E-state index contributed by atoms with van der Waals surface area (Å²) in [4.78, 5) is 43.1. The lowest BCUT2D eigenvalue weighted by Crippen LogP contribution is -2.40. The van der Waals surface area contributed by atoms with Gasteiger partial charge in [-0.15, -0.1) is 0 Å². The highest BCUT2D eigenvalue weighted by atomic mass is 16.2. The summed E-state index contributed by atoms with van der Waals surface area (Å²) in [6.07, 6.45) is 1.45. The van der Waals surface area contributed by atoms with E-state index in [0.29, 0.717) is 36.5 Å². The van der Waals surface area contributed by atoms with E-state index in [4.69, 9.17) is 0 Å².